The number of hydrogen-bond donors (Lipinski definition) is 1. The van der Waals surface area contributed by atoms with E-state index in [1.165, 1.54) is 18.4 Å². The molecular formula is C9H12BrNO. The zero-order valence-corrected chi connectivity index (χ0v) is 8.60. The van der Waals surface area contributed by atoms with E-state index in [1.54, 1.807) is 0 Å². The number of halogens is 1. The molecule has 1 aromatic heterocycles. The Hall–Kier alpha value is -0.280. The Morgan fingerprint density at radius 2 is 2.42 bits per heavy atom. The van der Waals surface area contributed by atoms with Crippen molar-refractivity contribution in [2.45, 2.75) is 18.9 Å². The topological polar surface area (TPSA) is 25.2 Å². The Labute approximate surface area is 80.5 Å². The van der Waals surface area contributed by atoms with Crippen molar-refractivity contribution in [1.29, 1.82) is 0 Å². The molecule has 0 aliphatic heterocycles. The quantitative estimate of drug-likeness (QED) is 0.863. The molecule has 0 bridgehead atoms. The van der Waals surface area contributed by atoms with Gasteiger partial charge in [-0.15, -0.1) is 0 Å². The summed E-state index contributed by atoms with van der Waals surface area (Å²) in [6, 6.07) is 2.53. The van der Waals surface area contributed by atoms with Gasteiger partial charge in [0.05, 0.1) is 6.26 Å². The molecule has 1 atom stereocenters. The van der Waals surface area contributed by atoms with Crippen molar-refractivity contribution in [2.75, 3.05) is 7.05 Å². The van der Waals surface area contributed by atoms with Crippen LogP contribution in [-0.4, -0.2) is 7.05 Å². The van der Waals surface area contributed by atoms with Gasteiger partial charge in [-0.1, -0.05) is 0 Å². The third kappa shape index (κ3) is 1.57. The Bertz CT molecular complexity index is 267. The monoisotopic (exact) mass is 229 g/mol. The Morgan fingerprint density at radius 3 is 2.83 bits per heavy atom. The molecule has 1 aliphatic carbocycles. The predicted molar refractivity (Wildman–Crippen MR) is 50.9 cm³/mol. The molecule has 1 saturated carbocycles. The summed E-state index contributed by atoms with van der Waals surface area (Å²) in [7, 11) is 2.00. The molecule has 12 heavy (non-hydrogen) atoms. The van der Waals surface area contributed by atoms with Crippen LogP contribution in [0.1, 0.15) is 24.4 Å². The second-order valence-electron chi connectivity index (χ2n) is 3.29. The first-order valence-electron chi connectivity index (χ1n) is 4.22. The molecular weight excluding hydrogens is 218 g/mol. The maximum atomic E-state index is 5.20. The first kappa shape index (κ1) is 8.32. The van der Waals surface area contributed by atoms with Crippen LogP contribution in [0.25, 0.3) is 0 Å². The molecule has 1 N–H and O–H groups in total. The van der Waals surface area contributed by atoms with Gasteiger partial charge in [0.25, 0.3) is 0 Å². The molecule has 2 nitrogen and oxygen atoms in total. The summed E-state index contributed by atoms with van der Waals surface area (Å²) in [6.45, 7) is 0. The van der Waals surface area contributed by atoms with Gasteiger partial charge in [-0.05, 0) is 47.8 Å². The predicted octanol–water partition coefficient (Wildman–Crippen LogP) is 2.71. The summed E-state index contributed by atoms with van der Waals surface area (Å²) in [4.78, 5) is 0. The average molecular weight is 230 g/mol. The normalized spacial score (nSPS) is 19.5. The molecule has 1 fully saturated rings. The molecule has 0 aromatic carbocycles. The summed E-state index contributed by atoms with van der Waals surface area (Å²) in [5.41, 5.74) is 1.26. The first-order valence-corrected chi connectivity index (χ1v) is 5.02. The van der Waals surface area contributed by atoms with E-state index >= 15 is 0 Å². The minimum Gasteiger partial charge on any atom is -0.457 e. The van der Waals surface area contributed by atoms with Gasteiger partial charge in [-0.2, -0.15) is 0 Å². The standard InChI is InChI=1S/C9H12BrNO/c1-11-9(6-2-3-6)7-4-8(10)12-5-7/h4-6,9,11H,2-3H2,1H3. The van der Waals surface area contributed by atoms with E-state index in [2.05, 4.69) is 21.2 Å². The maximum Gasteiger partial charge on any atom is 0.169 e. The van der Waals surface area contributed by atoms with Crippen LogP contribution in [0.15, 0.2) is 21.4 Å². The van der Waals surface area contributed by atoms with Crippen LogP contribution in [-0.2, 0) is 0 Å². The Kier molecular flexibility index (Phi) is 2.24. The highest BCUT2D eigenvalue weighted by atomic mass is 79.9. The van der Waals surface area contributed by atoms with Crippen molar-refractivity contribution in [3.05, 3.63) is 22.6 Å². The van der Waals surface area contributed by atoms with E-state index < -0.39 is 0 Å². The second-order valence-corrected chi connectivity index (χ2v) is 4.07. The van der Waals surface area contributed by atoms with Crippen LogP contribution in [0.2, 0.25) is 0 Å². The van der Waals surface area contributed by atoms with Crippen LogP contribution < -0.4 is 5.32 Å². The smallest absolute Gasteiger partial charge is 0.169 e. The van der Waals surface area contributed by atoms with Crippen molar-refractivity contribution in [1.82, 2.24) is 5.32 Å². The summed E-state index contributed by atoms with van der Waals surface area (Å²) >= 11 is 3.30. The fraction of sp³-hybridized carbons (Fsp3) is 0.556. The van der Waals surface area contributed by atoms with E-state index in [0.29, 0.717) is 6.04 Å². The van der Waals surface area contributed by atoms with Crippen LogP contribution in [0.3, 0.4) is 0 Å². The minimum atomic E-state index is 0.486. The lowest BCUT2D eigenvalue weighted by atomic mass is 10.1. The van der Waals surface area contributed by atoms with Crippen LogP contribution >= 0.6 is 15.9 Å². The lowest BCUT2D eigenvalue weighted by Crippen LogP contribution is -2.17. The van der Waals surface area contributed by atoms with Gasteiger partial charge in [0.15, 0.2) is 4.67 Å². The fourth-order valence-electron chi connectivity index (χ4n) is 1.59. The van der Waals surface area contributed by atoms with E-state index in [-0.39, 0.29) is 0 Å². The molecule has 0 amide bonds. The van der Waals surface area contributed by atoms with E-state index in [4.69, 9.17) is 4.42 Å². The third-order valence-electron chi connectivity index (χ3n) is 2.35. The van der Waals surface area contributed by atoms with Crippen molar-refractivity contribution in [3.63, 3.8) is 0 Å². The van der Waals surface area contributed by atoms with Gasteiger partial charge in [0.1, 0.15) is 0 Å². The number of furan rings is 1. The fourth-order valence-corrected chi connectivity index (χ4v) is 1.95. The summed E-state index contributed by atoms with van der Waals surface area (Å²) in [6.07, 6.45) is 4.51. The average Bonchev–Trinajstić information content (AvgIpc) is 2.78. The second kappa shape index (κ2) is 3.23. The van der Waals surface area contributed by atoms with Crippen LogP contribution in [0.5, 0.6) is 0 Å². The SMILES string of the molecule is CNC(c1coc(Br)c1)C1CC1. The van der Waals surface area contributed by atoms with E-state index in [1.807, 2.05) is 19.4 Å². The number of nitrogens with one attached hydrogen (secondary N) is 1. The van der Waals surface area contributed by atoms with Crippen molar-refractivity contribution in [3.8, 4) is 0 Å². The highest BCUT2D eigenvalue weighted by Crippen LogP contribution is 2.41. The molecule has 1 heterocycles. The minimum absolute atomic E-state index is 0.486. The van der Waals surface area contributed by atoms with Gasteiger partial charge in [0, 0.05) is 11.6 Å². The zero-order valence-electron chi connectivity index (χ0n) is 7.01. The van der Waals surface area contributed by atoms with Crippen molar-refractivity contribution < 1.29 is 4.42 Å². The van der Waals surface area contributed by atoms with E-state index in [9.17, 15) is 0 Å². The maximum absolute atomic E-state index is 5.20. The third-order valence-corrected chi connectivity index (χ3v) is 2.77. The molecule has 0 radical (unpaired) electrons. The van der Waals surface area contributed by atoms with Crippen LogP contribution in [0, 0.1) is 5.92 Å². The van der Waals surface area contributed by atoms with E-state index in [0.717, 1.165) is 10.6 Å². The number of hydrogen-bond acceptors (Lipinski definition) is 2. The van der Waals surface area contributed by atoms with Gasteiger partial charge >= 0.3 is 0 Å². The highest BCUT2D eigenvalue weighted by Gasteiger charge is 2.31. The first-order chi connectivity index (χ1) is 5.81. The molecule has 1 aliphatic rings. The molecule has 66 valence electrons. The lowest BCUT2D eigenvalue weighted by molar-refractivity contribution is 0.503. The van der Waals surface area contributed by atoms with Gasteiger partial charge < -0.3 is 9.73 Å². The van der Waals surface area contributed by atoms with Crippen molar-refractivity contribution >= 4 is 15.9 Å². The zero-order chi connectivity index (χ0) is 8.55. The van der Waals surface area contributed by atoms with Crippen LogP contribution in [0.4, 0.5) is 0 Å². The highest BCUT2D eigenvalue weighted by molar-refractivity contribution is 9.10. The summed E-state index contributed by atoms with van der Waals surface area (Å²) in [5.74, 6) is 0.819. The summed E-state index contributed by atoms with van der Waals surface area (Å²) < 4.78 is 6.02. The molecule has 0 saturated heterocycles. The summed E-state index contributed by atoms with van der Waals surface area (Å²) in [5, 5.41) is 3.31. The molecule has 3 heteroatoms. The molecule has 2 rings (SSSR count). The number of rotatable bonds is 3. The molecule has 1 unspecified atom stereocenters. The molecule has 1 aromatic rings. The van der Waals surface area contributed by atoms with Gasteiger partial charge in [0.2, 0.25) is 0 Å². The largest absolute Gasteiger partial charge is 0.457 e. The lowest BCUT2D eigenvalue weighted by Gasteiger charge is -2.11. The van der Waals surface area contributed by atoms with Gasteiger partial charge in [-0.3, -0.25) is 0 Å². The van der Waals surface area contributed by atoms with Crippen molar-refractivity contribution in [2.24, 2.45) is 5.92 Å². The Balaban J connectivity index is 2.15. The Morgan fingerprint density at radius 1 is 1.67 bits per heavy atom. The van der Waals surface area contributed by atoms with Gasteiger partial charge in [-0.25, -0.2) is 0 Å². The molecule has 0 spiro atoms.